The number of nitrogens with one attached hydrogen (secondary N) is 1. The first-order valence-corrected chi connectivity index (χ1v) is 8.77. The Labute approximate surface area is 151 Å². The first-order chi connectivity index (χ1) is 11.2. The summed E-state index contributed by atoms with van der Waals surface area (Å²) in [4.78, 5) is 0. The summed E-state index contributed by atoms with van der Waals surface area (Å²) < 4.78 is 0. The Morgan fingerprint density at radius 1 is 0.917 bits per heavy atom. The van der Waals surface area contributed by atoms with Gasteiger partial charge in [-0.05, 0) is 30.9 Å². The van der Waals surface area contributed by atoms with Crippen molar-refractivity contribution in [2.75, 3.05) is 6.54 Å². The molecule has 0 radical (unpaired) electrons. The molecule has 1 aliphatic carbocycles. The molecule has 2 aromatic carbocycles. The van der Waals surface area contributed by atoms with Crippen molar-refractivity contribution in [1.82, 2.24) is 5.32 Å². The van der Waals surface area contributed by atoms with Crippen LogP contribution < -0.4 is 5.32 Å². The highest BCUT2D eigenvalue weighted by atomic mass is 35.5. The lowest BCUT2D eigenvalue weighted by molar-refractivity contribution is 0.0746. The van der Waals surface area contributed by atoms with E-state index in [2.05, 4.69) is 24.4 Å². The molecule has 2 N–H and O–H groups in total. The topological polar surface area (TPSA) is 32.3 Å². The average Bonchev–Trinajstić information content (AvgIpc) is 2.62. The van der Waals surface area contributed by atoms with Gasteiger partial charge in [0.05, 0.1) is 0 Å². The summed E-state index contributed by atoms with van der Waals surface area (Å²) in [6.45, 7) is 2.64. The Kier molecular flexibility index (Phi) is 6.85. The number of aryl methyl sites for hydroxylation is 1. The summed E-state index contributed by atoms with van der Waals surface area (Å²) in [6.07, 6.45) is 6.38. The van der Waals surface area contributed by atoms with Crippen molar-refractivity contribution < 1.29 is 5.11 Å². The monoisotopic (exact) mass is 345 g/mol. The SMILES string of the molecule is Cc1ccc(C(O)(CNC2CCCCC2)c2ccccc2)cc1.Cl. The maximum Gasteiger partial charge on any atom is 0.127 e. The number of halogens is 1. The molecule has 3 rings (SSSR count). The van der Waals surface area contributed by atoms with Gasteiger partial charge in [0.1, 0.15) is 5.60 Å². The predicted molar refractivity (Wildman–Crippen MR) is 103 cm³/mol. The van der Waals surface area contributed by atoms with E-state index in [0.29, 0.717) is 12.6 Å². The van der Waals surface area contributed by atoms with Crippen LogP contribution in [0, 0.1) is 6.92 Å². The third kappa shape index (κ3) is 4.38. The molecular formula is C21H28ClNO. The Bertz CT molecular complexity index is 607. The van der Waals surface area contributed by atoms with Gasteiger partial charge in [-0.15, -0.1) is 12.4 Å². The van der Waals surface area contributed by atoms with Crippen LogP contribution in [-0.2, 0) is 5.60 Å². The summed E-state index contributed by atoms with van der Waals surface area (Å²) in [5, 5.41) is 15.1. The van der Waals surface area contributed by atoms with Crippen LogP contribution in [0.25, 0.3) is 0 Å². The van der Waals surface area contributed by atoms with E-state index in [1.807, 2.05) is 42.5 Å². The quantitative estimate of drug-likeness (QED) is 0.831. The van der Waals surface area contributed by atoms with Crippen LogP contribution >= 0.6 is 12.4 Å². The molecule has 1 atom stereocenters. The fraction of sp³-hybridized carbons (Fsp3) is 0.429. The molecule has 2 nitrogen and oxygen atoms in total. The summed E-state index contributed by atoms with van der Waals surface area (Å²) in [5.74, 6) is 0. The van der Waals surface area contributed by atoms with Crippen LogP contribution in [0.5, 0.6) is 0 Å². The summed E-state index contributed by atoms with van der Waals surface area (Å²) in [7, 11) is 0. The van der Waals surface area contributed by atoms with Gasteiger partial charge < -0.3 is 10.4 Å². The van der Waals surface area contributed by atoms with Gasteiger partial charge in [-0.2, -0.15) is 0 Å². The van der Waals surface area contributed by atoms with E-state index in [9.17, 15) is 5.11 Å². The number of rotatable bonds is 5. The first-order valence-electron chi connectivity index (χ1n) is 8.77. The fourth-order valence-electron chi connectivity index (χ4n) is 3.51. The molecule has 0 saturated heterocycles. The van der Waals surface area contributed by atoms with Crippen molar-refractivity contribution in [2.24, 2.45) is 0 Å². The Balaban J connectivity index is 0.00000208. The predicted octanol–water partition coefficient (Wildman–Crippen LogP) is 4.58. The van der Waals surface area contributed by atoms with Gasteiger partial charge in [0.2, 0.25) is 0 Å². The van der Waals surface area contributed by atoms with Gasteiger partial charge in [0.15, 0.2) is 0 Å². The number of benzene rings is 2. The zero-order chi connectivity index (χ0) is 16.1. The highest BCUT2D eigenvalue weighted by Crippen LogP contribution is 2.30. The Morgan fingerprint density at radius 2 is 1.50 bits per heavy atom. The average molecular weight is 346 g/mol. The van der Waals surface area contributed by atoms with E-state index in [4.69, 9.17) is 0 Å². The minimum Gasteiger partial charge on any atom is -0.379 e. The second-order valence-corrected chi connectivity index (χ2v) is 6.81. The van der Waals surface area contributed by atoms with Gasteiger partial charge >= 0.3 is 0 Å². The van der Waals surface area contributed by atoms with Crippen molar-refractivity contribution in [2.45, 2.75) is 50.7 Å². The normalized spacial score (nSPS) is 17.8. The second-order valence-electron chi connectivity index (χ2n) is 6.81. The molecule has 0 heterocycles. The molecule has 0 spiro atoms. The molecule has 0 aliphatic heterocycles. The maximum atomic E-state index is 11.5. The Hall–Kier alpha value is -1.35. The van der Waals surface area contributed by atoms with Crippen LogP contribution in [0.15, 0.2) is 54.6 Å². The van der Waals surface area contributed by atoms with E-state index in [-0.39, 0.29) is 12.4 Å². The van der Waals surface area contributed by atoms with E-state index in [1.54, 1.807) is 0 Å². The van der Waals surface area contributed by atoms with Gasteiger partial charge in [0, 0.05) is 12.6 Å². The van der Waals surface area contributed by atoms with Crippen LogP contribution in [0.1, 0.15) is 48.8 Å². The fourth-order valence-corrected chi connectivity index (χ4v) is 3.51. The van der Waals surface area contributed by atoms with Crippen LogP contribution in [0.2, 0.25) is 0 Å². The van der Waals surface area contributed by atoms with Crippen molar-refractivity contribution >= 4 is 12.4 Å². The third-order valence-electron chi connectivity index (χ3n) is 5.03. The molecule has 1 saturated carbocycles. The molecular weight excluding hydrogens is 318 g/mol. The molecule has 1 aliphatic rings. The zero-order valence-electron chi connectivity index (χ0n) is 14.4. The molecule has 0 aromatic heterocycles. The van der Waals surface area contributed by atoms with Gasteiger partial charge in [-0.1, -0.05) is 79.4 Å². The maximum absolute atomic E-state index is 11.5. The first kappa shape index (κ1) is 19.0. The lowest BCUT2D eigenvalue weighted by Crippen LogP contribution is -2.44. The summed E-state index contributed by atoms with van der Waals surface area (Å²) >= 11 is 0. The van der Waals surface area contributed by atoms with Crippen molar-refractivity contribution in [3.05, 3.63) is 71.3 Å². The van der Waals surface area contributed by atoms with Gasteiger partial charge in [-0.25, -0.2) is 0 Å². The van der Waals surface area contributed by atoms with E-state index >= 15 is 0 Å². The van der Waals surface area contributed by atoms with Crippen molar-refractivity contribution in [3.8, 4) is 0 Å². The van der Waals surface area contributed by atoms with E-state index in [1.165, 1.54) is 37.7 Å². The molecule has 0 amide bonds. The largest absolute Gasteiger partial charge is 0.379 e. The lowest BCUT2D eigenvalue weighted by Gasteiger charge is -2.33. The third-order valence-corrected chi connectivity index (χ3v) is 5.03. The zero-order valence-corrected chi connectivity index (χ0v) is 15.2. The number of hydrogen-bond acceptors (Lipinski definition) is 2. The highest BCUT2D eigenvalue weighted by molar-refractivity contribution is 5.85. The molecule has 2 aromatic rings. The van der Waals surface area contributed by atoms with Crippen LogP contribution in [-0.4, -0.2) is 17.7 Å². The molecule has 1 unspecified atom stereocenters. The highest BCUT2D eigenvalue weighted by Gasteiger charge is 2.32. The molecule has 1 fully saturated rings. The van der Waals surface area contributed by atoms with Gasteiger partial charge in [0.25, 0.3) is 0 Å². The molecule has 130 valence electrons. The Morgan fingerprint density at radius 3 is 2.12 bits per heavy atom. The van der Waals surface area contributed by atoms with Crippen LogP contribution in [0.4, 0.5) is 0 Å². The number of aliphatic hydroxyl groups is 1. The molecule has 3 heteroatoms. The minimum atomic E-state index is -0.980. The van der Waals surface area contributed by atoms with Crippen molar-refractivity contribution in [3.63, 3.8) is 0 Å². The smallest absolute Gasteiger partial charge is 0.127 e. The van der Waals surface area contributed by atoms with Gasteiger partial charge in [-0.3, -0.25) is 0 Å². The van der Waals surface area contributed by atoms with E-state index in [0.717, 1.165) is 11.1 Å². The summed E-state index contributed by atoms with van der Waals surface area (Å²) in [6, 6.07) is 18.8. The second kappa shape index (κ2) is 8.66. The van der Waals surface area contributed by atoms with Crippen molar-refractivity contribution in [1.29, 1.82) is 0 Å². The van der Waals surface area contributed by atoms with E-state index < -0.39 is 5.60 Å². The number of hydrogen-bond donors (Lipinski definition) is 2. The summed E-state index contributed by atoms with van der Waals surface area (Å²) in [5.41, 5.74) is 2.14. The molecule has 0 bridgehead atoms. The minimum absolute atomic E-state index is 0. The van der Waals surface area contributed by atoms with Crippen LogP contribution in [0.3, 0.4) is 0 Å². The molecule has 24 heavy (non-hydrogen) atoms. The standard InChI is InChI=1S/C21H27NO.ClH/c1-17-12-14-19(15-13-17)21(23,18-8-4-2-5-9-18)16-22-20-10-6-3-7-11-20;/h2,4-5,8-9,12-15,20,22-23H,3,6-7,10-11,16H2,1H3;1H. The lowest BCUT2D eigenvalue weighted by atomic mass is 9.85.